The van der Waals surface area contributed by atoms with E-state index >= 15 is 0 Å². The van der Waals surface area contributed by atoms with E-state index in [2.05, 4.69) is 10.3 Å². The Morgan fingerprint density at radius 2 is 2.00 bits per heavy atom. The second-order valence-corrected chi connectivity index (χ2v) is 4.54. The van der Waals surface area contributed by atoms with Gasteiger partial charge in [-0.1, -0.05) is 12.1 Å². The number of nitrogen functional groups attached to an aromatic ring is 1. The fraction of sp³-hybridized carbons (Fsp3) is 0.214. The first-order valence-electron chi connectivity index (χ1n) is 6.50. The van der Waals surface area contributed by atoms with Crippen LogP contribution in [0, 0.1) is 0 Å². The number of hydrogen-bond acceptors (Lipinski definition) is 4. The molecule has 2 aromatic rings. The molecular formula is C14H16N4O3. The molecule has 21 heavy (non-hydrogen) atoms. The summed E-state index contributed by atoms with van der Waals surface area (Å²) in [7, 11) is 0. The molecule has 7 nitrogen and oxygen atoms in total. The van der Waals surface area contributed by atoms with Crippen molar-refractivity contribution in [3.05, 3.63) is 57.4 Å². The second kappa shape index (κ2) is 6.56. The van der Waals surface area contributed by atoms with Crippen LogP contribution in [0.4, 0.5) is 11.4 Å². The molecule has 0 saturated heterocycles. The molecule has 110 valence electrons. The third-order valence-corrected chi connectivity index (χ3v) is 2.93. The highest BCUT2D eigenvalue weighted by Gasteiger charge is 2.05. The molecule has 0 saturated carbocycles. The van der Waals surface area contributed by atoms with Crippen molar-refractivity contribution < 1.29 is 4.79 Å². The predicted molar refractivity (Wildman–Crippen MR) is 80.0 cm³/mol. The quantitative estimate of drug-likeness (QED) is 0.697. The number of para-hydroxylation sites is 2. The van der Waals surface area contributed by atoms with Crippen molar-refractivity contribution in [2.45, 2.75) is 19.4 Å². The van der Waals surface area contributed by atoms with Gasteiger partial charge in [0.05, 0.1) is 11.4 Å². The van der Waals surface area contributed by atoms with Gasteiger partial charge < -0.3 is 15.6 Å². The summed E-state index contributed by atoms with van der Waals surface area (Å²) in [6, 6.07) is 8.26. The summed E-state index contributed by atoms with van der Waals surface area (Å²) >= 11 is 0. The Bertz CT molecular complexity index is 748. The minimum Gasteiger partial charge on any atom is -0.397 e. The highest BCUT2D eigenvalue weighted by Crippen LogP contribution is 2.16. The minimum absolute atomic E-state index is 0.176. The summed E-state index contributed by atoms with van der Waals surface area (Å²) in [5.41, 5.74) is 5.89. The van der Waals surface area contributed by atoms with Gasteiger partial charge in [0.2, 0.25) is 5.91 Å². The van der Waals surface area contributed by atoms with Gasteiger partial charge in [0.1, 0.15) is 0 Å². The van der Waals surface area contributed by atoms with Crippen molar-refractivity contribution >= 4 is 17.3 Å². The average Bonchev–Trinajstić information content (AvgIpc) is 2.44. The van der Waals surface area contributed by atoms with Gasteiger partial charge in [0.25, 0.3) is 5.56 Å². The van der Waals surface area contributed by atoms with Gasteiger partial charge in [0, 0.05) is 25.2 Å². The second-order valence-electron chi connectivity index (χ2n) is 4.54. The maximum absolute atomic E-state index is 11.8. The molecule has 2 rings (SSSR count). The molecule has 0 aliphatic heterocycles. The summed E-state index contributed by atoms with van der Waals surface area (Å²) in [6.45, 7) is 0.354. The van der Waals surface area contributed by atoms with Crippen molar-refractivity contribution in [1.29, 1.82) is 0 Å². The first-order chi connectivity index (χ1) is 10.1. The van der Waals surface area contributed by atoms with Crippen LogP contribution in [0.2, 0.25) is 0 Å². The number of nitrogens with two attached hydrogens (primary N) is 1. The number of amides is 1. The van der Waals surface area contributed by atoms with Crippen molar-refractivity contribution in [2.75, 3.05) is 11.1 Å². The number of rotatable bonds is 5. The molecule has 0 bridgehead atoms. The summed E-state index contributed by atoms with van der Waals surface area (Å²) in [6.07, 6.45) is 2.14. The lowest BCUT2D eigenvalue weighted by Gasteiger charge is -2.08. The monoisotopic (exact) mass is 288 g/mol. The van der Waals surface area contributed by atoms with E-state index in [-0.39, 0.29) is 12.3 Å². The van der Waals surface area contributed by atoms with Crippen molar-refractivity contribution in [2.24, 2.45) is 0 Å². The predicted octanol–water partition coefficient (Wildman–Crippen LogP) is 0.538. The molecule has 0 fully saturated rings. The van der Waals surface area contributed by atoms with Gasteiger partial charge in [-0.25, -0.2) is 4.79 Å². The number of anilines is 2. The summed E-state index contributed by atoms with van der Waals surface area (Å²) < 4.78 is 1.35. The fourth-order valence-corrected chi connectivity index (χ4v) is 1.85. The summed E-state index contributed by atoms with van der Waals surface area (Å²) in [4.78, 5) is 36.3. The van der Waals surface area contributed by atoms with Crippen LogP contribution in [-0.2, 0) is 11.3 Å². The van der Waals surface area contributed by atoms with Gasteiger partial charge >= 0.3 is 5.69 Å². The van der Waals surface area contributed by atoms with Crippen molar-refractivity contribution in [3.63, 3.8) is 0 Å². The Kier molecular flexibility index (Phi) is 4.55. The third-order valence-electron chi connectivity index (χ3n) is 2.93. The van der Waals surface area contributed by atoms with E-state index in [0.717, 1.165) is 0 Å². The van der Waals surface area contributed by atoms with E-state index in [9.17, 15) is 14.4 Å². The van der Waals surface area contributed by atoms with Crippen LogP contribution in [-0.4, -0.2) is 15.5 Å². The van der Waals surface area contributed by atoms with Gasteiger partial charge in [-0.05, 0) is 18.6 Å². The smallest absolute Gasteiger partial charge is 0.328 e. The highest BCUT2D eigenvalue weighted by molar-refractivity contribution is 5.93. The van der Waals surface area contributed by atoms with E-state index in [1.54, 1.807) is 24.3 Å². The van der Waals surface area contributed by atoms with Gasteiger partial charge in [0.15, 0.2) is 0 Å². The van der Waals surface area contributed by atoms with E-state index in [1.165, 1.54) is 16.8 Å². The molecule has 1 aromatic carbocycles. The highest BCUT2D eigenvalue weighted by atomic mass is 16.2. The Hall–Kier alpha value is -2.83. The van der Waals surface area contributed by atoms with Crippen LogP contribution in [0.15, 0.2) is 46.1 Å². The van der Waals surface area contributed by atoms with Gasteiger partial charge in [-0.2, -0.15) is 0 Å². The largest absolute Gasteiger partial charge is 0.397 e. The number of nitrogens with zero attached hydrogens (tertiary/aromatic N) is 1. The first-order valence-corrected chi connectivity index (χ1v) is 6.50. The van der Waals surface area contributed by atoms with Crippen LogP contribution in [0.3, 0.4) is 0 Å². The van der Waals surface area contributed by atoms with Crippen molar-refractivity contribution in [1.82, 2.24) is 9.55 Å². The van der Waals surface area contributed by atoms with Crippen LogP contribution in [0.5, 0.6) is 0 Å². The molecule has 0 aliphatic rings. The minimum atomic E-state index is -0.477. The summed E-state index contributed by atoms with van der Waals surface area (Å²) in [5, 5.41) is 2.71. The zero-order chi connectivity index (χ0) is 15.2. The zero-order valence-electron chi connectivity index (χ0n) is 11.3. The SMILES string of the molecule is Nc1ccccc1NC(=O)CCCn1ccc(=O)[nH]c1=O. The molecule has 4 N–H and O–H groups in total. The molecule has 0 spiro atoms. The molecule has 0 radical (unpaired) electrons. The van der Waals surface area contributed by atoms with E-state index in [0.29, 0.717) is 24.3 Å². The molecule has 0 aliphatic carbocycles. The maximum atomic E-state index is 11.8. The molecule has 0 unspecified atom stereocenters. The zero-order valence-corrected chi connectivity index (χ0v) is 11.3. The number of nitrogens with one attached hydrogen (secondary N) is 2. The summed E-state index contributed by atoms with van der Waals surface area (Å²) in [5.74, 6) is -0.176. The average molecular weight is 288 g/mol. The number of carbonyl (C=O) groups is 1. The molecule has 1 aromatic heterocycles. The molecule has 7 heteroatoms. The van der Waals surface area contributed by atoms with Gasteiger partial charge in [-0.3, -0.25) is 14.6 Å². The number of hydrogen-bond donors (Lipinski definition) is 3. The topological polar surface area (TPSA) is 110 Å². The third kappa shape index (κ3) is 4.07. The Morgan fingerprint density at radius 3 is 2.71 bits per heavy atom. The molecule has 1 heterocycles. The lowest BCUT2D eigenvalue weighted by molar-refractivity contribution is -0.116. The number of benzene rings is 1. The fourth-order valence-electron chi connectivity index (χ4n) is 1.85. The Balaban J connectivity index is 1.86. The van der Waals surface area contributed by atoms with Gasteiger partial charge in [-0.15, -0.1) is 0 Å². The number of H-pyrrole nitrogens is 1. The number of aromatic nitrogens is 2. The normalized spacial score (nSPS) is 10.3. The van der Waals surface area contributed by atoms with E-state index in [1.807, 2.05) is 0 Å². The van der Waals surface area contributed by atoms with E-state index < -0.39 is 11.2 Å². The first kappa shape index (κ1) is 14.6. The molecule has 0 atom stereocenters. The maximum Gasteiger partial charge on any atom is 0.328 e. The van der Waals surface area contributed by atoms with E-state index in [4.69, 9.17) is 5.73 Å². The Morgan fingerprint density at radius 1 is 1.24 bits per heavy atom. The van der Waals surface area contributed by atoms with Crippen LogP contribution in [0.25, 0.3) is 0 Å². The molecular weight excluding hydrogens is 272 g/mol. The van der Waals surface area contributed by atoms with Crippen molar-refractivity contribution in [3.8, 4) is 0 Å². The lowest BCUT2D eigenvalue weighted by atomic mass is 10.2. The number of carbonyl (C=O) groups excluding carboxylic acids is 1. The molecule has 1 amide bonds. The lowest BCUT2D eigenvalue weighted by Crippen LogP contribution is -2.28. The van der Waals surface area contributed by atoms with Crippen LogP contribution >= 0.6 is 0 Å². The Labute approximate surface area is 120 Å². The number of aryl methyl sites for hydroxylation is 1. The number of aromatic amines is 1. The van der Waals surface area contributed by atoms with Crippen LogP contribution < -0.4 is 22.3 Å². The standard InChI is InChI=1S/C14H16N4O3/c15-10-4-1-2-5-11(10)16-12(19)6-3-8-18-9-7-13(20)17-14(18)21/h1-2,4-5,7,9H,3,6,8,15H2,(H,16,19)(H,17,20,21). The van der Waals surface area contributed by atoms with Crippen LogP contribution in [0.1, 0.15) is 12.8 Å².